The lowest BCUT2D eigenvalue weighted by Crippen LogP contribution is -2.47. The van der Waals surface area contributed by atoms with Crippen LogP contribution in [0.2, 0.25) is 0 Å². The van der Waals surface area contributed by atoms with Gasteiger partial charge in [0.2, 0.25) is 11.9 Å². The molecule has 3 rings (SSSR count). The van der Waals surface area contributed by atoms with Crippen molar-refractivity contribution in [3.05, 3.63) is 36.8 Å². The number of pyridine rings is 1. The molecule has 7 heteroatoms. The van der Waals surface area contributed by atoms with Gasteiger partial charge in [-0.1, -0.05) is 6.92 Å². The molecule has 0 saturated carbocycles. The summed E-state index contributed by atoms with van der Waals surface area (Å²) in [5, 5.41) is 2.76. The number of aromatic nitrogens is 3. The van der Waals surface area contributed by atoms with E-state index >= 15 is 0 Å². The highest BCUT2D eigenvalue weighted by molar-refractivity contribution is 5.89. The minimum absolute atomic E-state index is 0.0262. The van der Waals surface area contributed by atoms with Crippen molar-refractivity contribution in [3.8, 4) is 0 Å². The molecule has 0 unspecified atom stereocenters. The molecule has 0 atom stereocenters. The zero-order valence-corrected chi connectivity index (χ0v) is 13.1. The summed E-state index contributed by atoms with van der Waals surface area (Å²) >= 11 is 0. The molecule has 0 bridgehead atoms. The summed E-state index contributed by atoms with van der Waals surface area (Å²) in [6.45, 7) is 5.34. The van der Waals surface area contributed by atoms with Crippen LogP contribution >= 0.6 is 0 Å². The third kappa shape index (κ3) is 3.74. The van der Waals surface area contributed by atoms with Gasteiger partial charge < -0.3 is 15.1 Å². The number of piperazine rings is 1. The van der Waals surface area contributed by atoms with E-state index in [0.717, 1.165) is 37.8 Å². The third-order valence-corrected chi connectivity index (χ3v) is 3.82. The summed E-state index contributed by atoms with van der Waals surface area (Å²) in [4.78, 5) is 28.7. The summed E-state index contributed by atoms with van der Waals surface area (Å²) in [5.41, 5.74) is 1.06. The Morgan fingerprint density at radius 3 is 2.39 bits per heavy atom. The number of nitrogens with one attached hydrogen (secondary N) is 1. The second kappa shape index (κ2) is 7.04. The molecule has 23 heavy (non-hydrogen) atoms. The normalized spacial score (nSPS) is 14.7. The highest BCUT2D eigenvalue weighted by Gasteiger charge is 2.19. The van der Waals surface area contributed by atoms with Gasteiger partial charge in [-0.3, -0.25) is 4.79 Å². The first kappa shape index (κ1) is 15.2. The molecule has 3 heterocycles. The Hall–Kier alpha value is -2.70. The molecule has 2 aromatic rings. The molecule has 1 aliphatic rings. The lowest BCUT2D eigenvalue weighted by molar-refractivity contribution is -0.115. The van der Waals surface area contributed by atoms with Crippen molar-refractivity contribution in [1.82, 2.24) is 15.0 Å². The number of carbonyl (C=O) groups is 1. The first-order chi connectivity index (χ1) is 11.3. The molecule has 1 amide bonds. The molecular weight excluding hydrogens is 292 g/mol. The second-order valence-corrected chi connectivity index (χ2v) is 5.33. The number of hydrogen-bond donors (Lipinski definition) is 1. The Balaban J connectivity index is 1.58. The van der Waals surface area contributed by atoms with Crippen LogP contribution in [0, 0.1) is 0 Å². The van der Waals surface area contributed by atoms with Crippen molar-refractivity contribution in [3.63, 3.8) is 0 Å². The Morgan fingerprint density at radius 2 is 1.78 bits per heavy atom. The van der Waals surface area contributed by atoms with Crippen molar-refractivity contribution in [2.24, 2.45) is 0 Å². The van der Waals surface area contributed by atoms with Crippen LogP contribution < -0.4 is 15.1 Å². The Labute approximate surface area is 135 Å². The van der Waals surface area contributed by atoms with E-state index in [0.29, 0.717) is 12.2 Å². The van der Waals surface area contributed by atoms with Crippen molar-refractivity contribution < 1.29 is 4.79 Å². The molecule has 2 aromatic heterocycles. The van der Waals surface area contributed by atoms with Crippen molar-refractivity contribution >= 4 is 23.4 Å². The molecule has 1 fully saturated rings. The first-order valence-electron chi connectivity index (χ1n) is 7.79. The SMILES string of the molecule is CCC(=O)Nc1ccc(N2CCN(c3ncccn3)CC2)cn1. The van der Waals surface area contributed by atoms with Gasteiger partial charge in [0.25, 0.3) is 0 Å². The molecule has 0 radical (unpaired) electrons. The summed E-state index contributed by atoms with van der Waals surface area (Å²) < 4.78 is 0. The van der Waals surface area contributed by atoms with Crippen LogP contribution in [-0.2, 0) is 4.79 Å². The summed E-state index contributed by atoms with van der Waals surface area (Å²) in [6.07, 6.45) is 5.79. The maximum Gasteiger partial charge on any atom is 0.225 e. The van der Waals surface area contributed by atoms with E-state index in [2.05, 4.69) is 30.1 Å². The van der Waals surface area contributed by atoms with Gasteiger partial charge in [0.15, 0.2) is 0 Å². The van der Waals surface area contributed by atoms with E-state index in [1.165, 1.54) is 0 Å². The number of amides is 1. The van der Waals surface area contributed by atoms with Gasteiger partial charge >= 0.3 is 0 Å². The molecule has 1 saturated heterocycles. The van der Waals surface area contributed by atoms with Gasteiger partial charge in [0.1, 0.15) is 5.82 Å². The van der Waals surface area contributed by atoms with Crippen LogP contribution in [-0.4, -0.2) is 47.0 Å². The van der Waals surface area contributed by atoms with E-state index in [4.69, 9.17) is 0 Å². The average Bonchev–Trinajstić information content (AvgIpc) is 2.63. The highest BCUT2D eigenvalue weighted by atomic mass is 16.1. The predicted octanol–water partition coefficient (Wildman–Crippen LogP) is 1.55. The zero-order chi connectivity index (χ0) is 16.1. The smallest absolute Gasteiger partial charge is 0.225 e. The fourth-order valence-electron chi connectivity index (χ4n) is 2.50. The van der Waals surface area contributed by atoms with Gasteiger partial charge in [-0.2, -0.15) is 0 Å². The van der Waals surface area contributed by atoms with Crippen LogP contribution in [0.3, 0.4) is 0 Å². The summed E-state index contributed by atoms with van der Waals surface area (Å²) in [7, 11) is 0. The number of anilines is 3. The average molecular weight is 312 g/mol. The fourth-order valence-corrected chi connectivity index (χ4v) is 2.50. The number of hydrogen-bond acceptors (Lipinski definition) is 6. The standard InChI is InChI=1S/C16H20N6O/c1-2-15(23)20-14-5-4-13(12-19-14)21-8-10-22(11-9-21)16-17-6-3-7-18-16/h3-7,12H,2,8-11H2,1H3,(H,19,20,23). The van der Waals surface area contributed by atoms with Crippen LogP contribution in [0.5, 0.6) is 0 Å². The van der Waals surface area contributed by atoms with Crippen molar-refractivity contribution in [1.29, 1.82) is 0 Å². The van der Waals surface area contributed by atoms with Gasteiger partial charge in [-0.05, 0) is 18.2 Å². The highest BCUT2D eigenvalue weighted by Crippen LogP contribution is 2.18. The number of carbonyl (C=O) groups excluding carboxylic acids is 1. The van der Waals surface area contributed by atoms with E-state index < -0.39 is 0 Å². The van der Waals surface area contributed by atoms with Crippen LogP contribution in [0.4, 0.5) is 17.5 Å². The summed E-state index contributed by atoms with van der Waals surface area (Å²) in [6, 6.07) is 5.66. The van der Waals surface area contributed by atoms with Crippen molar-refractivity contribution in [2.75, 3.05) is 41.3 Å². The van der Waals surface area contributed by atoms with Gasteiger partial charge in [-0.25, -0.2) is 15.0 Å². The third-order valence-electron chi connectivity index (χ3n) is 3.82. The monoisotopic (exact) mass is 312 g/mol. The largest absolute Gasteiger partial charge is 0.367 e. The molecule has 0 spiro atoms. The van der Waals surface area contributed by atoms with Gasteiger partial charge in [-0.15, -0.1) is 0 Å². The van der Waals surface area contributed by atoms with E-state index in [-0.39, 0.29) is 5.91 Å². The Kier molecular flexibility index (Phi) is 4.65. The minimum Gasteiger partial charge on any atom is -0.367 e. The van der Waals surface area contributed by atoms with Gasteiger partial charge in [0, 0.05) is 45.0 Å². The molecule has 7 nitrogen and oxygen atoms in total. The zero-order valence-electron chi connectivity index (χ0n) is 13.1. The Morgan fingerprint density at radius 1 is 1.09 bits per heavy atom. The van der Waals surface area contributed by atoms with Crippen LogP contribution in [0.25, 0.3) is 0 Å². The lowest BCUT2D eigenvalue weighted by Gasteiger charge is -2.35. The van der Waals surface area contributed by atoms with Crippen LogP contribution in [0.1, 0.15) is 13.3 Å². The van der Waals surface area contributed by atoms with Gasteiger partial charge in [0.05, 0.1) is 11.9 Å². The molecular formula is C16H20N6O. The number of rotatable bonds is 4. The van der Waals surface area contributed by atoms with Crippen molar-refractivity contribution in [2.45, 2.75) is 13.3 Å². The van der Waals surface area contributed by atoms with E-state index in [1.54, 1.807) is 18.6 Å². The topological polar surface area (TPSA) is 74.2 Å². The van der Waals surface area contributed by atoms with E-state index in [9.17, 15) is 4.79 Å². The molecule has 120 valence electrons. The molecule has 0 aliphatic carbocycles. The minimum atomic E-state index is -0.0262. The fraction of sp³-hybridized carbons (Fsp3) is 0.375. The molecule has 0 aromatic carbocycles. The molecule has 1 N–H and O–H groups in total. The number of nitrogens with zero attached hydrogens (tertiary/aromatic N) is 5. The summed E-state index contributed by atoms with van der Waals surface area (Å²) in [5.74, 6) is 1.35. The molecule has 1 aliphatic heterocycles. The first-order valence-corrected chi connectivity index (χ1v) is 7.79. The van der Waals surface area contributed by atoms with Crippen LogP contribution in [0.15, 0.2) is 36.8 Å². The lowest BCUT2D eigenvalue weighted by atomic mass is 10.3. The second-order valence-electron chi connectivity index (χ2n) is 5.33. The maximum atomic E-state index is 11.4. The maximum absolute atomic E-state index is 11.4. The Bertz CT molecular complexity index is 637. The predicted molar refractivity (Wildman–Crippen MR) is 89.6 cm³/mol. The quantitative estimate of drug-likeness (QED) is 0.923. The van der Waals surface area contributed by atoms with E-state index in [1.807, 2.05) is 25.1 Å².